The minimum atomic E-state index is 0.279. The van der Waals surface area contributed by atoms with Crippen LogP contribution in [0.1, 0.15) is 20.8 Å². The number of rotatable bonds is 4. The van der Waals surface area contributed by atoms with Crippen molar-refractivity contribution < 1.29 is 4.74 Å². The van der Waals surface area contributed by atoms with Crippen molar-refractivity contribution in [3.05, 3.63) is 11.6 Å². The van der Waals surface area contributed by atoms with Gasteiger partial charge in [0.1, 0.15) is 5.70 Å². The van der Waals surface area contributed by atoms with Crippen molar-refractivity contribution in [2.45, 2.75) is 20.8 Å². The maximum Gasteiger partial charge on any atom is 0.235 e. The van der Waals surface area contributed by atoms with Crippen molar-refractivity contribution >= 4 is 12.9 Å². The van der Waals surface area contributed by atoms with Crippen LogP contribution in [0.4, 0.5) is 0 Å². The molecule has 0 saturated heterocycles. The molecule has 0 heterocycles. The van der Waals surface area contributed by atoms with E-state index < -0.39 is 0 Å². The van der Waals surface area contributed by atoms with E-state index in [0.717, 1.165) is 5.70 Å². The van der Waals surface area contributed by atoms with Crippen LogP contribution in [0.3, 0.4) is 0 Å². The third-order valence-electron chi connectivity index (χ3n) is 1.38. The zero-order valence-electron chi connectivity index (χ0n) is 8.16. The predicted octanol–water partition coefficient (Wildman–Crippen LogP) is 2.25. The minimum absolute atomic E-state index is 0.279. The van der Waals surface area contributed by atoms with Crippen molar-refractivity contribution in [2.24, 2.45) is 15.9 Å². The largest absolute Gasteiger partial charge is 0.480 e. The van der Waals surface area contributed by atoms with Gasteiger partial charge in [-0.15, -0.1) is 0 Å². The average molecular weight is 168 g/mol. The molecule has 0 N–H and O–H groups in total. The van der Waals surface area contributed by atoms with Gasteiger partial charge >= 0.3 is 0 Å². The molecule has 12 heavy (non-hydrogen) atoms. The number of allylic oxidation sites excluding steroid dienone is 1. The molecule has 3 nitrogen and oxygen atoms in total. The lowest BCUT2D eigenvalue weighted by molar-refractivity contribution is 0.279. The highest BCUT2D eigenvalue weighted by Crippen LogP contribution is 2.16. The molecule has 68 valence electrons. The second-order valence-electron chi connectivity index (χ2n) is 2.59. The summed E-state index contributed by atoms with van der Waals surface area (Å²) >= 11 is 0. The maximum absolute atomic E-state index is 5.05. The Balaban J connectivity index is 4.86. The highest BCUT2D eigenvalue weighted by Gasteiger charge is 2.07. The highest BCUT2D eigenvalue weighted by atomic mass is 16.5. The van der Waals surface area contributed by atoms with Gasteiger partial charge in [0.25, 0.3) is 0 Å². The number of hydrogen-bond acceptors (Lipinski definition) is 3. The summed E-state index contributed by atoms with van der Waals surface area (Å²) in [5.74, 6) is 0.823. The molecule has 0 spiro atoms. The summed E-state index contributed by atoms with van der Waals surface area (Å²) in [6.07, 6.45) is 1.67. The number of nitrogens with zero attached hydrogens (tertiary/aromatic N) is 2. The molecular formula is C9H16N2O. The van der Waals surface area contributed by atoms with Crippen molar-refractivity contribution in [3.8, 4) is 0 Å². The van der Waals surface area contributed by atoms with Crippen LogP contribution in [0.2, 0.25) is 0 Å². The summed E-state index contributed by atoms with van der Waals surface area (Å²) in [4.78, 5) is 7.90. The molecule has 0 aromatic carbocycles. The molecule has 0 aliphatic carbocycles. The molecule has 0 aliphatic rings. The van der Waals surface area contributed by atoms with Crippen LogP contribution < -0.4 is 0 Å². The Labute approximate surface area is 73.9 Å². The van der Waals surface area contributed by atoms with Crippen LogP contribution in [0.25, 0.3) is 0 Å². The Morgan fingerprint density at radius 1 is 1.50 bits per heavy atom. The smallest absolute Gasteiger partial charge is 0.235 e. The van der Waals surface area contributed by atoms with Gasteiger partial charge in [0.2, 0.25) is 5.88 Å². The van der Waals surface area contributed by atoms with Crippen LogP contribution in [-0.2, 0) is 4.74 Å². The number of methoxy groups -OCH3 is 1. The second kappa shape index (κ2) is 5.52. The highest BCUT2D eigenvalue weighted by molar-refractivity contribution is 5.55. The Bertz CT molecular complexity index is 205. The normalized spacial score (nSPS) is 13.4. The molecular weight excluding hydrogens is 152 g/mol. The van der Waals surface area contributed by atoms with Gasteiger partial charge in [0.05, 0.1) is 7.11 Å². The number of hydrogen-bond donors (Lipinski definition) is 0. The monoisotopic (exact) mass is 168 g/mol. The van der Waals surface area contributed by atoms with E-state index in [1.807, 2.05) is 20.8 Å². The van der Waals surface area contributed by atoms with Gasteiger partial charge in [-0.3, -0.25) is 4.99 Å². The molecule has 0 aromatic rings. The molecule has 0 saturated carbocycles. The first-order chi connectivity index (χ1) is 5.67. The van der Waals surface area contributed by atoms with Gasteiger partial charge in [-0.2, -0.15) is 0 Å². The van der Waals surface area contributed by atoms with Crippen LogP contribution in [0.5, 0.6) is 0 Å². The molecule has 0 bridgehead atoms. The first-order valence-electron chi connectivity index (χ1n) is 3.90. The molecule has 0 aromatic heterocycles. The van der Waals surface area contributed by atoms with Gasteiger partial charge in [0, 0.05) is 12.1 Å². The van der Waals surface area contributed by atoms with E-state index in [9.17, 15) is 0 Å². The van der Waals surface area contributed by atoms with Crippen LogP contribution in [-0.4, -0.2) is 20.0 Å². The molecule has 0 rings (SSSR count). The molecule has 0 unspecified atom stereocenters. The van der Waals surface area contributed by atoms with Crippen LogP contribution >= 0.6 is 0 Å². The lowest BCUT2D eigenvalue weighted by Gasteiger charge is -2.08. The Hall–Kier alpha value is -1.12. The summed E-state index contributed by atoms with van der Waals surface area (Å²) < 4.78 is 5.05. The van der Waals surface area contributed by atoms with E-state index in [2.05, 4.69) is 16.7 Å². The molecule has 0 radical (unpaired) electrons. The van der Waals surface area contributed by atoms with Crippen molar-refractivity contribution in [2.75, 3.05) is 7.11 Å². The predicted molar refractivity (Wildman–Crippen MR) is 52.6 cm³/mol. The van der Waals surface area contributed by atoms with Gasteiger partial charge in [-0.25, -0.2) is 4.99 Å². The Morgan fingerprint density at radius 2 is 2.08 bits per heavy atom. The molecule has 0 fully saturated rings. The second-order valence-corrected chi connectivity index (χ2v) is 2.59. The summed E-state index contributed by atoms with van der Waals surface area (Å²) in [7, 11) is 1.58. The molecule has 0 atom stereocenters. The first kappa shape index (κ1) is 10.9. The van der Waals surface area contributed by atoms with Crippen molar-refractivity contribution in [1.29, 1.82) is 0 Å². The van der Waals surface area contributed by atoms with E-state index in [0.29, 0.717) is 5.88 Å². The molecule has 3 heteroatoms. The fourth-order valence-electron chi connectivity index (χ4n) is 0.838. The van der Waals surface area contributed by atoms with E-state index in [-0.39, 0.29) is 5.92 Å². The minimum Gasteiger partial charge on any atom is -0.480 e. The van der Waals surface area contributed by atoms with Crippen molar-refractivity contribution in [1.82, 2.24) is 0 Å². The third kappa shape index (κ3) is 2.86. The lowest BCUT2D eigenvalue weighted by atomic mass is 10.1. The number of aliphatic imine (C=N–C) groups is 2. The molecule has 0 aliphatic heterocycles. The van der Waals surface area contributed by atoms with Crippen LogP contribution in [0.15, 0.2) is 21.6 Å². The average Bonchev–Trinajstić information content (AvgIpc) is 2.03. The summed E-state index contributed by atoms with van der Waals surface area (Å²) in [5.41, 5.74) is 0.788. The first-order valence-corrected chi connectivity index (χ1v) is 3.90. The van der Waals surface area contributed by atoms with Gasteiger partial charge in [-0.1, -0.05) is 13.8 Å². The zero-order chi connectivity index (χ0) is 9.56. The zero-order valence-corrected chi connectivity index (χ0v) is 8.16. The van der Waals surface area contributed by atoms with Crippen LogP contribution in [0, 0.1) is 5.92 Å². The quantitative estimate of drug-likeness (QED) is 0.468. The summed E-state index contributed by atoms with van der Waals surface area (Å²) in [6.45, 7) is 9.35. The third-order valence-corrected chi connectivity index (χ3v) is 1.38. The lowest BCUT2D eigenvalue weighted by Crippen LogP contribution is -1.97. The summed E-state index contributed by atoms with van der Waals surface area (Å²) in [6, 6.07) is 0. The molecule has 0 amide bonds. The number of ether oxygens (including phenoxy) is 1. The fraction of sp³-hybridized carbons (Fsp3) is 0.556. The Kier molecular flexibility index (Phi) is 5.00. The Morgan fingerprint density at radius 3 is 2.33 bits per heavy atom. The van der Waals surface area contributed by atoms with Gasteiger partial charge in [0.15, 0.2) is 0 Å². The standard InChI is InChI=1S/C9H16N2O/c1-6-11-9(12-5)8(10-4)7(2)3/h6-7H,4H2,1-3,5H3/b9-8+,11-6-. The van der Waals surface area contributed by atoms with Gasteiger partial charge in [-0.05, 0) is 13.6 Å². The van der Waals surface area contributed by atoms with E-state index in [4.69, 9.17) is 4.74 Å². The topological polar surface area (TPSA) is 34.0 Å². The summed E-state index contributed by atoms with van der Waals surface area (Å²) in [5, 5.41) is 0. The fourth-order valence-corrected chi connectivity index (χ4v) is 0.838. The van der Waals surface area contributed by atoms with Crippen molar-refractivity contribution in [3.63, 3.8) is 0 Å². The van der Waals surface area contributed by atoms with E-state index >= 15 is 0 Å². The van der Waals surface area contributed by atoms with E-state index in [1.165, 1.54) is 0 Å². The van der Waals surface area contributed by atoms with Gasteiger partial charge < -0.3 is 4.74 Å². The maximum atomic E-state index is 5.05. The SMILES string of the molecule is C=N/C(=C(\N=C/C)OC)C(C)C. The van der Waals surface area contributed by atoms with E-state index in [1.54, 1.807) is 13.3 Å².